The highest BCUT2D eigenvalue weighted by atomic mass is 35.5. The zero-order valence-electron chi connectivity index (χ0n) is 19.1. The van der Waals surface area contributed by atoms with Crippen LogP contribution >= 0.6 is 24.8 Å². The van der Waals surface area contributed by atoms with Crippen LogP contribution in [0, 0.1) is 0 Å². The summed E-state index contributed by atoms with van der Waals surface area (Å²) >= 11 is 0. The molecule has 0 saturated carbocycles. The first-order chi connectivity index (χ1) is 16.3. The Morgan fingerprint density at radius 1 is 0.857 bits per heavy atom. The van der Waals surface area contributed by atoms with Gasteiger partial charge in [-0.25, -0.2) is 4.98 Å². The Hall–Kier alpha value is -3.54. The van der Waals surface area contributed by atoms with Gasteiger partial charge in [-0.1, -0.05) is 60.7 Å². The summed E-state index contributed by atoms with van der Waals surface area (Å²) in [5, 5.41) is 4.49. The maximum Gasteiger partial charge on any atom is 0.254 e. The summed E-state index contributed by atoms with van der Waals surface area (Å²) in [6.45, 7) is 2.71. The van der Waals surface area contributed by atoms with Crippen LogP contribution in [0.2, 0.25) is 0 Å². The third-order valence-electron chi connectivity index (χ3n) is 6.51. The number of aromatic amines is 1. The second-order valence-electron chi connectivity index (χ2n) is 8.58. The number of hydrogen-bond acceptors (Lipinski definition) is 3. The number of benzene rings is 4. The number of anilines is 1. The number of rotatable bonds is 3. The molecule has 0 radical (unpaired) electrons. The van der Waals surface area contributed by atoms with E-state index in [0.717, 1.165) is 35.1 Å². The molecule has 0 fully saturated rings. The van der Waals surface area contributed by atoms with Gasteiger partial charge in [0.1, 0.15) is 0 Å². The molecule has 7 heteroatoms. The van der Waals surface area contributed by atoms with Crippen molar-refractivity contribution in [1.82, 2.24) is 14.9 Å². The minimum absolute atomic E-state index is 0. The first-order valence-corrected chi connectivity index (χ1v) is 11.3. The highest BCUT2D eigenvalue weighted by molar-refractivity contribution is 6.07. The molecule has 5 nitrogen and oxygen atoms in total. The minimum Gasteiger partial charge on any atom is -0.364 e. The van der Waals surface area contributed by atoms with Crippen molar-refractivity contribution in [3.8, 4) is 0 Å². The van der Waals surface area contributed by atoms with Gasteiger partial charge in [-0.2, -0.15) is 0 Å². The van der Waals surface area contributed by atoms with Gasteiger partial charge in [-0.05, 0) is 45.3 Å². The van der Waals surface area contributed by atoms with E-state index in [0.29, 0.717) is 13.1 Å². The fourth-order valence-corrected chi connectivity index (χ4v) is 4.84. The number of halogens is 2. The molecule has 0 spiro atoms. The van der Waals surface area contributed by atoms with Gasteiger partial charge < -0.3 is 14.8 Å². The number of hydrogen-bond donors (Lipinski definition) is 1. The van der Waals surface area contributed by atoms with Gasteiger partial charge in [0.25, 0.3) is 5.91 Å². The zero-order valence-corrected chi connectivity index (χ0v) is 20.7. The van der Waals surface area contributed by atoms with E-state index in [-0.39, 0.29) is 30.7 Å². The topological polar surface area (TPSA) is 52.2 Å². The Bertz CT molecular complexity index is 1460. The average Bonchev–Trinajstić information content (AvgIpc) is 3.31. The summed E-state index contributed by atoms with van der Waals surface area (Å²) in [5.41, 5.74) is 4.16. The molecular formula is C28H26Cl2N4O. The molecule has 2 heterocycles. The van der Waals surface area contributed by atoms with E-state index in [1.807, 2.05) is 41.4 Å². The first kappa shape index (κ1) is 24.6. The molecule has 1 aliphatic rings. The van der Waals surface area contributed by atoms with Crippen LogP contribution in [0.25, 0.3) is 21.5 Å². The summed E-state index contributed by atoms with van der Waals surface area (Å²) in [6, 6.07) is 27.0. The number of H-pyrrole nitrogens is 1. The van der Waals surface area contributed by atoms with E-state index in [4.69, 9.17) is 0 Å². The van der Waals surface area contributed by atoms with E-state index in [1.165, 1.54) is 22.0 Å². The van der Waals surface area contributed by atoms with Crippen molar-refractivity contribution in [3.63, 3.8) is 0 Å². The Kier molecular flexibility index (Phi) is 7.29. The van der Waals surface area contributed by atoms with Gasteiger partial charge in [0.05, 0.1) is 18.6 Å². The molecule has 6 rings (SSSR count). The zero-order chi connectivity index (χ0) is 22.2. The summed E-state index contributed by atoms with van der Waals surface area (Å²) in [4.78, 5) is 25.5. The van der Waals surface area contributed by atoms with Crippen LogP contribution in [-0.4, -0.2) is 33.9 Å². The number of carbonyl (C=O) groups excluding carboxylic acids is 1. The van der Waals surface area contributed by atoms with Crippen LogP contribution in [0.3, 0.4) is 0 Å². The van der Waals surface area contributed by atoms with E-state index in [1.54, 1.807) is 6.33 Å². The van der Waals surface area contributed by atoms with Gasteiger partial charge in [-0.3, -0.25) is 4.79 Å². The van der Waals surface area contributed by atoms with Crippen LogP contribution in [0.15, 0.2) is 91.4 Å². The third kappa shape index (κ3) is 4.70. The Morgan fingerprint density at radius 3 is 2.34 bits per heavy atom. The molecular weight excluding hydrogens is 479 g/mol. The Morgan fingerprint density at radius 2 is 1.57 bits per heavy atom. The monoisotopic (exact) mass is 504 g/mol. The SMILES string of the molecule is Cl.Cl.O=C(c1cccc2ccccc12)N1CCN(Cc2cnc[nH]2)c2cc3ccccc3cc2C1. The lowest BCUT2D eigenvalue weighted by Crippen LogP contribution is -2.35. The molecule has 5 aromatic rings. The van der Waals surface area contributed by atoms with Crippen LogP contribution < -0.4 is 4.90 Å². The van der Waals surface area contributed by atoms with Crippen molar-refractivity contribution < 1.29 is 4.79 Å². The van der Waals surface area contributed by atoms with Crippen molar-refractivity contribution in [1.29, 1.82) is 0 Å². The standard InChI is InChI=1S/C28H24N4O.2ClH/c33-28(26-11-5-9-20-6-3-4-10-25(20)26)32-13-12-31(18-24-16-29-19-30-24)27-15-22-8-2-1-7-21(22)14-23(27)17-32;;/h1-11,14-16,19H,12-13,17-18H2,(H,29,30);2*1H. The van der Waals surface area contributed by atoms with E-state index < -0.39 is 0 Å². The predicted octanol–water partition coefficient (Wildman–Crippen LogP) is 6.22. The molecule has 4 aromatic carbocycles. The summed E-state index contributed by atoms with van der Waals surface area (Å²) in [6.07, 6.45) is 3.58. The van der Waals surface area contributed by atoms with Gasteiger partial charge in [-0.15, -0.1) is 24.8 Å². The quantitative estimate of drug-likeness (QED) is 0.317. The van der Waals surface area contributed by atoms with Crippen molar-refractivity contribution in [2.45, 2.75) is 13.1 Å². The predicted molar refractivity (Wildman–Crippen MR) is 147 cm³/mol. The third-order valence-corrected chi connectivity index (χ3v) is 6.51. The van der Waals surface area contributed by atoms with Gasteiger partial charge in [0, 0.05) is 37.1 Å². The number of nitrogens with zero attached hydrogens (tertiary/aromatic N) is 3. The van der Waals surface area contributed by atoms with Crippen molar-refractivity contribution in [2.24, 2.45) is 0 Å². The molecule has 0 saturated heterocycles. The lowest BCUT2D eigenvalue weighted by atomic mass is 10.0. The van der Waals surface area contributed by atoms with Gasteiger partial charge in [0.2, 0.25) is 0 Å². The number of carbonyl (C=O) groups is 1. The molecule has 0 bridgehead atoms. The van der Waals surface area contributed by atoms with E-state index in [2.05, 4.69) is 63.4 Å². The van der Waals surface area contributed by atoms with Gasteiger partial charge in [0.15, 0.2) is 0 Å². The second-order valence-corrected chi connectivity index (χ2v) is 8.58. The van der Waals surface area contributed by atoms with Crippen molar-refractivity contribution >= 4 is 58.0 Å². The highest BCUT2D eigenvalue weighted by Gasteiger charge is 2.25. The number of aromatic nitrogens is 2. The number of nitrogens with one attached hydrogen (secondary N) is 1. The molecule has 1 amide bonds. The van der Waals surface area contributed by atoms with Gasteiger partial charge >= 0.3 is 0 Å². The molecule has 1 aromatic heterocycles. The average molecular weight is 505 g/mol. The second kappa shape index (κ2) is 10.4. The lowest BCUT2D eigenvalue weighted by Gasteiger charge is -2.25. The Balaban J connectivity index is 0.00000144. The van der Waals surface area contributed by atoms with Crippen LogP contribution in [0.4, 0.5) is 5.69 Å². The molecule has 0 unspecified atom stereocenters. The molecule has 0 atom stereocenters. The molecule has 1 N–H and O–H groups in total. The van der Waals surface area contributed by atoms with Crippen molar-refractivity contribution in [2.75, 3.05) is 18.0 Å². The summed E-state index contributed by atoms with van der Waals surface area (Å²) in [7, 11) is 0. The minimum atomic E-state index is 0. The summed E-state index contributed by atoms with van der Waals surface area (Å²) in [5.74, 6) is 0.0781. The maximum absolute atomic E-state index is 13.8. The van der Waals surface area contributed by atoms with Crippen LogP contribution in [-0.2, 0) is 13.1 Å². The fraction of sp³-hybridized carbons (Fsp3) is 0.143. The Labute approximate surface area is 216 Å². The first-order valence-electron chi connectivity index (χ1n) is 11.3. The fourth-order valence-electron chi connectivity index (χ4n) is 4.84. The summed E-state index contributed by atoms with van der Waals surface area (Å²) < 4.78 is 0. The molecule has 35 heavy (non-hydrogen) atoms. The molecule has 0 aliphatic carbocycles. The number of fused-ring (bicyclic) bond motifs is 3. The molecule has 1 aliphatic heterocycles. The van der Waals surface area contributed by atoms with E-state index >= 15 is 0 Å². The largest absolute Gasteiger partial charge is 0.364 e. The van der Waals surface area contributed by atoms with Crippen molar-refractivity contribution in [3.05, 3.63) is 108 Å². The maximum atomic E-state index is 13.8. The smallest absolute Gasteiger partial charge is 0.254 e. The highest BCUT2D eigenvalue weighted by Crippen LogP contribution is 2.32. The number of imidazole rings is 1. The van der Waals surface area contributed by atoms with E-state index in [9.17, 15) is 4.79 Å². The normalized spacial score (nSPS) is 13.0. The van der Waals surface area contributed by atoms with Crippen LogP contribution in [0.1, 0.15) is 21.6 Å². The lowest BCUT2D eigenvalue weighted by molar-refractivity contribution is 0.0753. The number of amides is 1. The van der Waals surface area contributed by atoms with Crippen LogP contribution in [0.5, 0.6) is 0 Å². The molecule has 178 valence electrons.